The van der Waals surface area contributed by atoms with Crippen LogP contribution in [0.4, 0.5) is 15.6 Å². The number of ether oxygens (including phenoxy) is 1. The Labute approximate surface area is 171 Å². The summed E-state index contributed by atoms with van der Waals surface area (Å²) < 4.78 is 8.93. The molecule has 0 aromatic carbocycles. The third-order valence-electron chi connectivity index (χ3n) is 5.09. The molecule has 1 saturated heterocycles. The fourth-order valence-electron chi connectivity index (χ4n) is 3.56. The molecule has 1 aliphatic rings. The van der Waals surface area contributed by atoms with Crippen LogP contribution in [0.3, 0.4) is 0 Å². The minimum atomic E-state index is -0.228. The molecule has 0 aliphatic carbocycles. The minimum Gasteiger partial charge on any atom is -0.466 e. The van der Waals surface area contributed by atoms with Crippen LogP contribution in [-0.4, -0.2) is 56.5 Å². The normalized spacial score (nSPS) is 18.6. The number of urea groups is 1. The van der Waals surface area contributed by atoms with Crippen molar-refractivity contribution >= 4 is 39.4 Å². The number of likely N-dealkylation sites (tertiary alicyclic amines) is 1. The van der Waals surface area contributed by atoms with Gasteiger partial charge in [0.2, 0.25) is 5.13 Å². The Kier molecular flexibility index (Phi) is 5.18. The van der Waals surface area contributed by atoms with E-state index in [1.165, 1.54) is 7.11 Å². The van der Waals surface area contributed by atoms with E-state index in [1.54, 1.807) is 17.3 Å². The smallest absolute Gasteiger partial charge is 0.329 e. The van der Waals surface area contributed by atoms with Gasteiger partial charge in [0, 0.05) is 48.4 Å². The molecule has 1 aliphatic heterocycles. The van der Waals surface area contributed by atoms with Crippen molar-refractivity contribution in [1.29, 1.82) is 5.26 Å². The summed E-state index contributed by atoms with van der Waals surface area (Å²) in [6.07, 6.45) is 4.26. The largest absolute Gasteiger partial charge is 0.466 e. The Morgan fingerprint density at radius 3 is 3.10 bits per heavy atom. The van der Waals surface area contributed by atoms with Gasteiger partial charge in [-0.2, -0.15) is 10.2 Å². The van der Waals surface area contributed by atoms with E-state index in [1.807, 2.05) is 6.07 Å². The molecule has 3 N–H and O–H groups in total. The second-order valence-electron chi connectivity index (χ2n) is 6.74. The van der Waals surface area contributed by atoms with E-state index in [4.69, 9.17) is 4.74 Å². The maximum atomic E-state index is 12.7. The highest BCUT2D eigenvalue weighted by molar-refractivity contribution is 7.10. The van der Waals surface area contributed by atoms with Crippen LogP contribution in [0.1, 0.15) is 18.9 Å². The molecule has 4 rings (SSSR count). The molecule has 0 spiro atoms. The van der Waals surface area contributed by atoms with Gasteiger partial charge in [0.05, 0.1) is 18.4 Å². The van der Waals surface area contributed by atoms with Crippen LogP contribution in [0, 0.1) is 17.2 Å². The highest BCUT2D eigenvalue weighted by Gasteiger charge is 2.35. The van der Waals surface area contributed by atoms with Crippen molar-refractivity contribution in [1.82, 2.24) is 24.2 Å². The lowest BCUT2D eigenvalue weighted by Gasteiger charge is -2.20. The van der Waals surface area contributed by atoms with Crippen molar-refractivity contribution in [2.24, 2.45) is 5.92 Å². The number of carbonyl (C=O) groups excluding carboxylic acids is 1. The quantitative estimate of drug-likeness (QED) is 0.587. The van der Waals surface area contributed by atoms with Gasteiger partial charge in [0.1, 0.15) is 11.7 Å². The first-order valence-corrected chi connectivity index (χ1v) is 9.96. The summed E-state index contributed by atoms with van der Waals surface area (Å²) in [7, 11) is 1.48. The van der Waals surface area contributed by atoms with Crippen molar-refractivity contribution in [2.45, 2.75) is 19.4 Å². The molecule has 0 bridgehead atoms. The number of hydrogen-bond acceptors (Lipinski definition) is 8. The molecule has 29 heavy (non-hydrogen) atoms. The summed E-state index contributed by atoms with van der Waals surface area (Å²) in [6.45, 7) is 3.22. The standard InChI is InChI=1S/C18H20N8O2S/c1-3-10-8-26(18(27)24-17-23-16(28-2)25-29-17)9-13(10)22-14-11(6-19)7-21-15-12(14)4-5-20-15/h4-5,7,10,13H,3,8-9H2,1-2H3,(H2,20,21,22)(H,23,24,25,27). The molecule has 10 nitrogen and oxygen atoms in total. The Hall–Kier alpha value is -3.39. The Bertz CT molecular complexity index is 1070. The molecule has 2 unspecified atom stereocenters. The number of pyridine rings is 1. The highest BCUT2D eigenvalue weighted by atomic mass is 32.1. The molecule has 3 aromatic rings. The van der Waals surface area contributed by atoms with Crippen LogP contribution in [0.5, 0.6) is 6.01 Å². The second-order valence-corrected chi connectivity index (χ2v) is 7.49. The predicted octanol–water partition coefficient (Wildman–Crippen LogP) is 2.65. The molecule has 2 atom stereocenters. The molecule has 0 radical (unpaired) electrons. The zero-order chi connectivity index (χ0) is 20.4. The Morgan fingerprint density at radius 1 is 1.52 bits per heavy atom. The fourth-order valence-corrected chi connectivity index (χ4v) is 4.09. The third-order valence-corrected chi connectivity index (χ3v) is 5.71. The summed E-state index contributed by atoms with van der Waals surface area (Å²) in [5, 5.41) is 17.0. The van der Waals surface area contributed by atoms with Crippen LogP contribution >= 0.6 is 11.5 Å². The van der Waals surface area contributed by atoms with Crippen molar-refractivity contribution in [2.75, 3.05) is 30.8 Å². The lowest BCUT2D eigenvalue weighted by Crippen LogP contribution is -2.35. The van der Waals surface area contributed by atoms with Crippen molar-refractivity contribution in [3.8, 4) is 12.1 Å². The topological polar surface area (TPSA) is 132 Å². The molecular weight excluding hydrogens is 392 g/mol. The SMILES string of the molecule is CCC1CN(C(=O)Nc2nc(OC)ns2)CC1Nc1c(C#N)cnc2[nH]ccc12. The zero-order valence-electron chi connectivity index (χ0n) is 16.0. The van der Waals surface area contributed by atoms with Crippen LogP contribution < -0.4 is 15.4 Å². The number of methoxy groups -OCH3 is 1. The summed E-state index contributed by atoms with van der Waals surface area (Å²) >= 11 is 1.07. The summed E-state index contributed by atoms with van der Waals surface area (Å²) in [5.41, 5.74) is 1.95. The Balaban J connectivity index is 1.51. The average molecular weight is 412 g/mol. The van der Waals surface area contributed by atoms with Gasteiger partial charge in [-0.25, -0.2) is 9.78 Å². The van der Waals surface area contributed by atoms with E-state index in [0.29, 0.717) is 23.8 Å². The first-order valence-electron chi connectivity index (χ1n) is 9.19. The molecule has 150 valence electrons. The summed E-state index contributed by atoms with van der Waals surface area (Å²) in [6, 6.07) is 4.12. The lowest BCUT2D eigenvalue weighted by atomic mass is 10.00. The van der Waals surface area contributed by atoms with E-state index in [-0.39, 0.29) is 24.0 Å². The maximum absolute atomic E-state index is 12.7. The van der Waals surface area contributed by atoms with E-state index in [9.17, 15) is 10.1 Å². The van der Waals surface area contributed by atoms with Crippen LogP contribution in [0.2, 0.25) is 0 Å². The molecule has 11 heteroatoms. The third kappa shape index (κ3) is 3.66. The number of nitriles is 1. The van der Waals surface area contributed by atoms with Gasteiger partial charge in [-0.05, 0) is 18.4 Å². The number of H-pyrrole nitrogens is 1. The van der Waals surface area contributed by atoms with Crippen LogP contribution in [0.25, 0.3) is 11.0 Å². The van der Waals surface area contributed by atoms with Crippen molar-refractivity contribution < 1.29 is 9.53 Å². The number of hydrogen-bond donors (Lipinski definition) is 3. The number of aromatic amines is 1. The second kappa shape index (κ2) is 7.92. The van der Waals surface area contributed by atoms with Crippen molar-refractivity contribution in [3.05, 3.63) is 24.0 Å². The Morgan fingerprint density at radius 2 is 2.38 bits per heavy atom. The van der Waals surface area contributed by atoms with E-state index in [0.717, 1.165) is 34.7 Å². The lowest BCUT2D eigenvalue weighted by molar-refractivity contribution is 0.220. The monoisotopic (exact) mass is 412 g/mol. The molecule has 0 saturated carbocycles. The summed E-state index contributed by atoms with van der Waals surface area (Å²) in [4.78, 5) is 25.9. The number of carbonyl (C=O) groups is 1. The first kappa shape index (κ1) is 18.9. The number of fused-ring (bicyclic) bond motifs is 1. The predicted molar refractivity (Wildman–Crippen MR) is 109 cm³/mol. The average Bonchev–Trinajstić information content (AvgIpc) is 3.47. The number of anilines is 2. The van der Waals surface area contributed by atoms with Gasteiger partial charge < -0.3 is 19.9 Å². The maximum Gasteiger partial charge on any atom is 0.329 e. The number of nitrogens with one attached hydrogen (secondary N) is 3. The molecular formula is C18H20N8O2S. The number of amides is 2. The number of aromatic nitrogens is 4. The minimum absolute atomic E-state index is 0.0160. The van der Waals surface area contributed by atoms with Crippen LogP contribution in [-0.2, 0) is 0 Å². The van der Waals surface area contributed by atoms with Gasteiger partial charge in [0.15, 0.2) is 0 Å². The molecule has 1 fully saturated rings. The molecule has 3 aromatic heterocycles. The summed E-state index contributed by atoms with van der Waals surface area (Å²) in [5.74, 6) is 0.249. The molecule has 2 amide bonds. The van der Waals surface area contributed by atoms with Gasteiger partial charge in [-0.15, -0.1) is 4.37 Å². The fraction of sp³-hybridized carbons (Fsp3) is 0.389. The van der Waals surface area contributed by atoms with E-state index < -0.39 is 0 Å². The zero-order valence-corrected chi connectivity index (χ0v) is 16.8. The van der Waals surface area contributed by atoms with Gasteiger partial charge in [-0.3, -0.25) is 5.32 Å². The number of nitrogens with zero attached hydrogens (tertiary/aromatic N) is 5. The first-order chi connectivity index (χ1) is 14.1. The van der Waals surface area contributed by atoms with Gasteiger partial charge in [0.25, 0.3) is 0 Å². The molecule has 4 heterocycles. The van der Waals surface area contributed by atoms with Gasteiger partial charge in [-0.1, -0.05) is 6.92 Å². The van der Waals surface area contributed by atoms with Crippen LogP contribution in [0.15, 0.2) is 18.5 Å². The van der Waals surface area contributed by atoms with Gasteiger partial charge >= 0.3 is 12.0 Å². The number of rotatable bonds is 5. The van der Waals surface area contributed by atoms with E-state index in [2.05, 4.69) is 43.0 Å². The van der Waals surface area contributed by atoms with E-state index >= 15 is 0 Å². The van der Waals surface area contributed by atoms with Crippen molar-refractivity contribution in [3.63, 3.8) is 0 Å². The highest BCUT2D eigenvalue weighted by Crippen LogP contribution is 2.30.